The molecular weight excluding hydrogens is 578 g/mol. The highest BCUT2D eigenvalue weighted by molar-refractivity contribution is 7.92. The standard InChI is InChI=1S/C29H37N5O8S/c1-17-14-34(18(2)16-35)28(36)23-8-7-9-24(32-43(38,39)22-12-10-21(40-6)11-13-22)27(23)41-25(17)15-33(5)29(37)30-26-19(3)31-42-20(26)4/h7-13,17-18,25,32,35H,14-16H2,1-6H3,(H,30,37)/t17-,18+,25+/m1/s1. The highest BCUT2D eigenvalue weighted by Crippen LogP contribution is 2.36. The van der Waals surface area contributed by atoms with Crippen LogP contribution >= 0.6 is 0 Å². The minimum absolute atomic E-state index is 0.0146. The van der Waals surface area contributed by atoms with E-state index in [2.05, 4.69) is 15.2 Å². The smallest absolute Gasteiger partial charge is 0.321 e. The first-order valence-electron chi connectivity index (χ1n) is 13.7. The Morgan fingerprint density at radius 2 is 1.93 bits per heavy atom. The predicted octanol–water partition coefficient (Wildman–Crippen LogP) is 3.48. The average Bonchev–Trinajstić information content (AvgIpc) is 3.30. The fourth-order valence-electron chi connectivity index (χ4n) is 4.72. The third-order valence-corrected chi connectivity index (χ3v) is 8.75. The van der Waals surface area contributed by atoms with Gasteiger partial charge in [-0.05, 0) is 57.2 Å². The minimum Gasteiger partial charge on any atom is -0.497 e. The van der Waals surface area contributed by atoms with Gasteiger partial charge >= 0.3 is 6.03 Å². The maximum absolute atomic E-state index is 13.7. The van der Waals surface area contributed by atoms with Gasteiger partial charge in [0, 0.05) is 19.5 Å². The Kier molecular flexibility index (Phi) is 9.50. The van der Waals surface area contributed by atoms with E-state index < -0.39 is 34.1 Å². The third-order valence-electron chi connectivity index (χ3n) is 7.37. The number of hydrogen-bond acceptors (Lipinski definition) is 9. The predicted molar refractivity (Wildman–Crippen MR) is 159 cm³/mol. The zero-order valence-electron chi connectivity index (χ0n) is 24.9. The van der Waals surface area contributed by atoms with Crippen LogP contribution < -0.4 is 19.5 Å². The fraction of sp³-hybridized carbons (Fsp3) is 0.414. The second kappa shape index (κ2) is 12.9. The highest BCUT2D eigenvalue weighted by Gasteiger charge is 2.35. The summed E-state index contributed by atoms with van der Waals surface area (Å²) in [6.45, 7) is 7.03. The number of aliphatic hydroxyl groups excluding tert-OH is 1. The van der Waals surface area contributed by atoms with Crippen molar-refractivity contribution in [3.05, 3.63) is 59.5 Å². The Bertz CT molecular complexity index is 1550. The molecule has 232 valence electrons. The number of anilines is 2. The number of rotatable bonds is 9. The Hall–Kier alpha value is -4.30. The van der Waals surface area contributed by atoms with Gasteiger partial charge in [-0.3, -0.25) is 9.52 Å². The van der Waals surface area contributed by atoms with Crippen LogP contribution in [0.4, 0.5) is 16.2 Å². The lowest BCUT2D eigenvalue weighted by Crippen LogP contribution is -2.50. The summed E-state index contributed by atoms with van der Waals surface area (Å²) in [7, 11) is -1.01. The molecular formula is C29H37N5O8S. The maximum Gasteiger partial charge on any atom is 0.321 e. The molecule has 0 saturated heterocycles. The topological polar surface area (TPSA) is 164 Å². The molecule has 0 unspecified atom stereocenters. The second-order valence-corrected chi connectivity index (χ2v) is 12.3. The van der Waals surface area contributed by atoms with Gasteiger partial charge in [0.05, 0.1) is 42.4 Å². The van der Waals surface area contributed by atoms with Crippen molar-refractivity contribution in [2.75, 3.05) is 43.9 Å². The van der Waals surface area contributed by atoms with Crippen molar-refractivity contribution in [3.8, 4) is 11.5 Å². The molecule has 0 aliphatic carbocycles. The van der Waals surface area contributed by atoms with Crippen LogP contribution in [-0.4, -0.2) is 86.4 Å². The van der Waals surface area contributed by atoms with Crippen LogP contribution in [0.2, 0.25) is 0 Å². The molecule has 0 radical (unpaired) electrons. The van der Waals surface area contributed by atoms with Crippen LogP contribution in [0.1, 0.15) is 35.7 Å². The summed E-state index contributed by atoms with van der Waals surface area (Å²) in [6, 6.07) is 9.50. The van der Waals surface area contributed by atoms with Gasteiger partial charge in [0.2, 0.25) is 0 Å². The number of hydrogen-bond donors (Lipinski definition) is 3. The van der Waals surface area contributed by atoms with Crippen LogP contribution in [0.15, 0.2) is 51.9 Å². The van der Waals surface area contributed by atoms with Gasteiger partial charge in [-0.15, -0.1) is 0 Å². The van der Waals surface area contributed by atoms with Crippen molar-refractivity contribution in [2.45, 2.75) is 44.7 Å². The number of carbonyl (C=O) groups is 2. The Morgan fingerprint density at radius 1 is 1.23 bits per heavy atom. The first kappa shape index (κ1) is 31.6. The van der Waals surface area contributed by atoms with Gasteiger partial charge in [-0.25, -0.2) is 13.2 Å². The van der Waals surface area contributed by atoms with E-state index >= 15 is 0 Å². The molecule has 14 heteroatoms. The normalized spacial score (nSPS) is 17.7. The van der Waals surface area contributed by atoms with E-state index in [1.165, 1.54) is 47.2 Å². The maximum atomic E-state index is 13.7. The Morgan fingerprint density at radius 3 is 2.53 bits per heavy atom. The number of methoxy groups -OCH3 is 1. The molecule has 1 aromatic heterocycles. The molecule has 1 aliphatic rings. The number of likely N-dealkylation sites (N-methyl/N-ethyl adjacent to an activating group) is 1. The number of ether oxygens (including phenoxy) is 2. The van der Waals surface area contributed by atoms with E-state index in [9.17, 15) is 23.1 Å². The number of para-hydroxylation sites is 1. The number of benzene rings is 2. The molecule has 2 heterocycles. The quantitative estimate of drug-likeness (QED) is 0.327. The van der Waals surface area contributed by atoms with E-state index in [0.717, 1.165) is 0 Å². The summed E-state index contributed by atoms with van der Waals surface area (Å²) in [5.41, 5.74) is 1.18. The molecule has 3 N–H and O–H groups in total. The summed E-state index contributed by atoms with van der Waals surface area (Å²) < 4.78 is 45.9. The van der Waals surface area contributed by atoms with Gasteiger partial charge in [0.25, 0.3) is 15.9 Å². The van der Waals surface area contributed by atoms with Gasteiger partial charge in [-0.1, -0.05) is 18.1 Å². The number of nitrogens with one attached hydrogen (secondary N) is 2. The number of aryl methyl sites for hydroxylation is 2. The van der Waals surface area contributed by atoms with Crippen molar-refractivity contribution < 1.29 is 37.1 Å². The van der Waals surface area contributed by atoms with Gasteiger partial charge < -0.3 is 34.2 Å². The summed E-state index contributed by atoms with van der Waals surface area (Å²) in [5.74, 6) is 0.235. The molecule has 0 saturated carbocycles. The largest absolute Gasteiger partial charge is 0.497 e. The van der Waals surface area contributed by atoms with Crippen molar-refractivity contribution in [1.29, 1.82) is 0 Å². The number of aromatic nitrogens is 1. The number of carbonyl (C=O) groups excluding carboxylic acids is 2. The van der Waals surface area contributed by atoms with E-state index in [1.807, 2.05) is 6.92 Å². The molecule has 0 bridgehead atoms. The van der Waals surface area contributed by atoms with Crippen LogP contribution in [0.5, 0.6) is 11.5 Å². The average molecular weight is 616 g/mol. The van der Waals surface area contributed by atoms with Gasteiger partial charge in [-0.2, -0.15) is 0 Å². The van der Waals surface area contributed by atoms with Gasteiger partial charge in [0.1, 0.15) is 23.2 Å². The lowest BCUT2D eigenvalue weighted by atomic mass is 9.99. The molecule has 3 aromatic rings. The number of urea groups is 1. The Labute approximate surface area is 250 Å². The molecule has 4 rings (SSSR count). The first-order chi connectivity index (χ1) is 20.4. The second-order valence-electron chi connectivity index (χ2n) is 10.6. The number of nitrogens with zero attached hydrogens (tertiary/aromatic N) is 3. The number of aliphatic hydroxyl groups is 1. The van der Waals surface area contributed by atoms with Crippen molar-refractivity contribution in [2.24, 2.45) is 5.92 Å². The van der Waals surface area contributed by atoms with Gasteiger partial charge in [0.15, 0.2) is 11.5 Å². The Balaban J connectivity index is 1.69. The lowest BCUT2D eigenvalue weighted by Gasteiger charge is -2.38. The van der Waals surface area contributed by atoms with E-state index in [1.54, 1.807) is 40.0 Å². The van der Waals surface area contributed by atoms with E-state index in [4.69, 9.17) is 14.0 Å². The van der Waals surface area contributed by atoms with Crippen LogP contribution in [0, 0.1) is 19.8 Å². The monoisotopic (exact) mass is 615 g/mol. The van der Waals surface area contributed by atoms with Crippen molar-refractivity contribution in [1.82, 2.24) is 15.0 Å². The molecule has 0 fully saturated rings. The number of fused-ring (bicyclic) bond motifs is 1. The zero-order chi connectivity index (χ0) is 31.5. The molecule has 3 amide bonds. The first-order valence-corrected chi connectivity index (χ1v) is 15.2. The molecule has 1 aliphatic heterocycles. The third kappa shape index (κ3) is 6.86. The molecule has 0 spiro atoms. The highest BCUT2D eigenvalue weighted by atomic mass is 32.2. The summed E-state index contributed by atoms with van der Waals surface area (Å²) >= 11 is 0. The number of amides is 3. The van der Waals surface area contributed by atoms with Crippen LogP contribution in [0.25, 0.3) is 0 Å². The number of sulfonamides is 1. The van der Waals surface area contributed by atoms with Crippen molar-refractivity contribution in [3.63, 3.8) is 0 Å². The molecule has 3 atom stereocenters. The van der Waals surface area contributed by atoms with E-state index in [-0.39, 0.29) is 47.5 Å². The molecule has 2 aromatic carbocycles. The van der Waals surface area contributed by atoms with Crippen molar-refractivity contribution >= 4 is 33.3 Å². The fourth-order valence-corrected chi connectivity index (χ4v) is 5.78. The zero-order valence-corrected chi connectivity index (χ0v) is 25.8. The van der Waals surface area contributed by atoms with Crippen LogP contribution in [-0.2, 0) is 10.0 Å². The van der Waals surface area contributed by atoms with Crippen LogP contribution in [0.3, 0.4) is 0 Å². The summed E-state index contributed by atoms with van der Waals surface area (Å²) in [6.07, 6.45) is -0.674. The SMILES string of the molecule is COc1ccc(S(=O)(=O)Nc2cccc3c2O[C@@H](CN(C)C(=O)Nc2c(C)noc2C)[C@H](C)CN([C@@H](C)CO)C3=O)cc1. The minimum atomic E-state index is -4.09. The summed E-state index contributed by atoms with van der Waals surface area (Å²) in [4.78, 5) is 29.8. The molecule has 43 heavy (non-hydrogen) atoms. The van der Waals surface area contributed by atoms with E-state index in [0.29, 0.717) is 22.9 Å². The molecule has 13 nitrogen and oxygen atoms in total. The lowest BCUT2D eigenvalue weighted by molar-refractivity contribution is 0.0373. The summed E-state index contributed by atoms with van der Waals surface area (Å²) in [5, 5.41) is 16.6.